The summed E-state index contributed by atoms with van der Waals surface area (Å²) in [6, 6.07) is 8.78. The largest absolute Gasteiger partial charge is 0.396 e. The van der Waals surface area contributed by atoms with E-state index in [1.54, 1.807) is 0 Å². The highest BCUT2D eigenvalue weighted by molar-refractivity contribution is 6.30. The van der Waals surface area contributed by atoms with E-state index in [9.17, 15) is 5.11 Å². The maximum atomic E-state index is 9.20. The molecule has 0 unspecified atom stereocenters. The first-order valence-electron chi connectivity index (χ1n) is 6.60. The van der Waals surface area contributed by atoms with Crippen LogP contribution in [0.25, 0.3) is 0 Å². The van der Waals surface area contributed by atoms with Crippen LogP contribution in [-0.2, 0) is 0 Å². The van der Waals surface area contributed by atoms with Crippen molar-refractivity contribution in [3.8, 4) is 0 Å². The molecule has 0 bridgehead atoms. The van der Waals surface area contributed by atoms with E-state index in [1.807, 2.05) is 12.1 Å². The van der Waals surface area contributed by atoms with Crippen LogP contribution in [0.3, 0.4) is 0 Å². The van der Waals surface area contributed by atoms with E-state index < -0.39 is 0 Å². The van der Waals surface area contributed by atoms with Crippen molar-refractivity contribution in [2.45, 2.75) is 38.6 Å². The Kier molecular flexibility index (Phi) is 4.31. The van der Waals surface area contributed by atoms with Crippen LogP contribution >= 0.6 is 11.6 Å². The van der Waals surface area contributed by atoms with Crippen molar-refractivity contribution in [3.05, 3.63) is 34.9 Å². The molecular formula is C15H22ClNO. The van der Waals surface area contributed by atoms with Crippen LogP contribution in [0.2, 0.25) is 5.02 Å². The van der Waals surface area contributed by atoms with Gasteiger partial charge in [0.2, 0.25) is 0 Å². The molecule has 0 aliphatic heterocycles. The summed E-state index contributed by atoms with van der Waals surface area (Å²) in [5, 5.41) is 13.5. The van der Waals surface area contributed by atoms with Crippen LogP contribution in [0.4, 0.5) is 0 Å². The summed E-state index contributed by atoms with van der Waals surface area (Å²) in [7, 11) is 0. The van der Waals surface area contributed by atoms with Gasteiger partial charge in [-0.25, -0.2) is 0 Å². The molecule has 100 valence electrons. The van der Waals surface area contributed by atoms with Crippen molar-refractivity contribution in [1.82, 2.24) is 5.32 Å². The van der Waals surface area contributed by atoms with Gasteiger partial charge in [-0.05, 0) is 36.5 Å². The minimum Gasteiger partial charge on any atom is -0.396 e. The topological polar surface area (TPSA) is 32.3 Å². The van der Waals surface area contributed by atoms with E-state index in [1.165, 1.54) is 18.4 Å². The lowest BCUT2D eigenvalue weighted by Crippen LogP contribution is -2.44. The molecule has 18 heavy (non-hydrogen) atoms. The SMILES string of the molecule is CC(C)(CO)CNC1CC(c2ccc(Cl)cc2)C1. The Hall–Kier alpha value is -0.570. The Morgan fingerprint density at radius 3 is 2.44 bits per heavy atom. The van der Waals surface area contributed by atoms with Crippen LogP contribution in [0.15, 0.2) is 24.3 Å². The number of benzene rings is 1. The zero-order chi connectivity index (χ0) is 13.2. The normalized spacial score (nSPS) is 23.8. The second-order valence-electron chi connectivity index (χ2n) is 6.12. The quantitative estimate of drug-likeness (QED) is 0.859. The van der Waals surface area contributed by atoms with Crippen molar-refractivity contribution >= 4 is 11.6 Å². The molecule has 3 heteroatoms. The summed E-state index contributed by atoms with van der Waals surface area (Å²) >= 11 is 5.89. The van der Waals surface area contributed by atoms with Crippen LogP contribution in [0.1, 0.15) is 38.2 Å². The molecule has 0 amide bonds. The molecule has 0 heterocycles. The lowest BCUT2D eigenvalue weighted by Gasteiger charge is -2.38. The van der Waals surface area contributed by atoms with Crippen molar-refractivity contribution in [2.75, 3.05) is 13.2 Å². The summed E-state index contributed by atoms with van der Waals surface area (Å²) < 4.78 is 0. The van der Waals surface area contributed by atoms with Gasteiger partial charge in [0, 0.05) is 29.6 Å². The second-order valence-corrected chi connectivity index (χ2v) is 6.56. The predicted molar refractivity (Wildman–Crippen MR) is 76.1 cm³/mol. The standard InChI is InChI=1S/C15H22ClNO/c1-15(2,10-18)9-17-14-7-12(8-14)11-3-5-13(16)6-4-11/h3-6,12,14,17-18H,7-10H2,1-2H3. The zero-order valence-corrected chi connectivity index (χ0v) is 11.9. The number of nitrogens with one attached hydrogen (secondary N) is 1. The van der Waals surface area contributed by atoms with Gasteiger partial charge >= 0.3 is 0 Å². The number of hydrogen-bond acceptors (Lipinski definition) is 2. The number of aliphatic hydroxyl groups is 1. The summed E-state index contributed by atoms with van der Waals surface area (Å²) in [6.45, 7) is 5.26. The third-order valence-electron chi connectivity index (χ3n) is 3.78. The molecule has 1 fully saturated rings. The molecule has 2 rings (SSSR count). The lowest BCUT2D eigenvalue weighted by molar-refractivity contribution is 0.143. The number of aliphatic hydroxyl groups excluding tert-OH is 1. The Labute approximate surface area is 114 Å². The molecule has 0 spiro atoms. The van der Waals surface area contributed by atoms with Gasteiger partial charge in [-0.15, -0.1) is 0 Å². The highest BCUT2D eigenvalue weighted by Gasteiger charge is 2.31. The first-order valence-corrected chi connectivity index (χ1v) is 6.98. The van der Waals surface area contributed by atoms with Gasteiger partial charge in [0.05, 0.1) is 0 Å². The molecule has 1 aliphatic rings. The zero-order valence-electron chi connectivity index (χ0n) is 11.1. The van der Waals surface area contributed by atoms with E-state index in [2.05, 4.69) is 31.3 Å². The monoisotopic (exact) mass is 267 g/mol. The fraction of sp³-hybridized carbons (Fsp3) is 0.600. The highest BCUT2D eigenvalue weighted by atomic mass is 35.5. The van der Waals surface area contributed by atoms with E-state index in [0.717, 1.165) is 11.6 Å². The van der Waals surface area contributed by atoms with Gasteiger partial charge in [0.25, 0.3) is 0 Å². The van der Waals surface area contributed by atoms with Gasteiger partial charge in [-0.3, -0.25) is 0 Å². The smallest absolute Gasteiger partial charge is 0.0494 e. The Balaban J connectivity index is 1.75. The van der Waals surface area contributed by atoms with E-state index in [0.29, 0.717) is 12.0 Å². The van der Waals surface area contributed by atoms with Crippen molar-refractivity contribution < 1.29 is 5.11 Å². The molecule has 1 aromatic rings. The fourth-order valence-electron chi connectivity index (χ4n) is 2.27. The minimum absolute atomic E-state index is 0.0225. The van der Waals surface area contributed by atoms with Gasteiger partial charge in [0.15, 0.2) is 0 Å². The number of halogens is 1. The van der Waals surface area contributed by atoms with Crippen molar-refractivity contribution in [3.63, 3.8) is 0 Å². The Morgan fingerprint density at radius 1 is 1.28 bits per heavy atom. The van der Waals surface area contributed by atoms with E-state index in [4.69, 9.17) is 11.6 Å². The molecule has 1 aliphatic carbocycles. The third-order valence-corrected chi connectivity index (χ3v) is 4.03. The van der Waals surface area contributed by atoms with Crippen LogP contribution in [0.5, 0.6) is 0 Å². The van der Waals surface area contributed by atoms with Crippen molar-refractivity contribution in [2.24, 2.45) is 5.41 Å². The average molecular weight is 268 g/mol. The van der Waals surface area contributed by atoms with Gasteiger partial charge in [0.1, 0.15) is 0 Å². The molecule has 0 radical (unpaired) electrons. The summed E-state index contributed by atoms with van der Waals surface area (Å²) in [4.78, 5) is 0. The molecule has 0 aromatic heterocycles. The summed E-state index contributed by atoms with van der Waals surface area (Å²) in [5.41, 5.74) is 1.37. The molecule has 1 saturated carbocycles. The lowest BCUT2D eigenvalue weighted by atomic mass is 9.75. The Morgan fingerprint density at radius 2 is 1.89 bits per heavy atom. The maximum Gasteiger partial charge on any atom is 0.0494 e. The molecular weight excluding hydrogens is 246 g/mol. The van der Waals surface area contributed by atoms with Crippen LogP contribution in [-0.4, -0.2) is 24.3 Å². The molecule has 0 saturated heterocycles. The highest BCUT2D eigenvalue weighted by Crippen LogP contribution is 2.37. The van der Waals surface area contributed by atoms with Crippen LogP contribution in [0, 0.1) is 5.41 Å². The molecule has 2 N–H and O–H groups in total. The average Bonchev–Trinajstić information content (AvgIpc) is 2.29. The second kappa shape index (κ2) is 5.60. The van der Waals surface area contributed by atoms with Gasteiger partial charge in [-0.2, -0.15) is 0 Å². The maximum absolute atomic E-state index is 9.20. The minimum atomic E-state index is -0.0225. The first kappa shape index (κ1) is 13.9. The molecule has 1 aromatic carbocycles. The van der Waals surface area contributed by atoms with Gasteiger partial charge in [-0.1, -0.05) is 37.6 Å². The third kappa shape index (κ3) is 3.47. The number of rotatable bonds is 5. The molecule has 0 atom stereocenters. The van der Waals surface area contributed by atoms with Gasteiger partial charge < -0.3 is 10.4 Å². The van der Waals surface area contributed by atoms with Crippen molar-refractivity contribution in [1.29, 1.82) is 0 Å². The summed E-state index contributed by atoms with van der Waals surface area (Å²) in [6.07, 6.45) is 2.37. The predicted octanol–water partition coefficient (Wildman–Crippen LogP) is 3.19. The Bertz CT molecular complexity index is 382. The van der Waals surface area contributed by atoms with E-state index >= 15 is 0 Å². The number of hydrogen-bond donors (Lipinski definition) is 2. The molecule has 2 nitrogen and oxygen atoms in total. The fourth-order valence-corrected chi connectivity index (χ4v) is 2.39. The summed E-state index contributed by atoms with van der Waals surface area (Å²) in [5.74, 6) is 0.664. The first-order chi connectivity index (χ1) is 8.50. The van der Waals surface area contributed by atoms with E-state index in [-0.39, 0.29) is 12.0 Å². The van der Waals surface area contributed by atoms with Crippen LogP contribution < -0.4 is 5.32 Å².